The third-order valence-electron chi connectivity index (χ3n) is 4.74. The molecule has 0 radical (unpaired) electrons. The Morgan fingerprint density at radius 3 is 2.45 bits per heavy atom. The van der Waals surface area contributed by atoms with E-state index >= 15 is 0 Å². The van der Waals surface area contributed by atoms with Crippen LogP contribution in [0.4, 0.5) is 5.69 Å². The molecule has 1 atom stereocenters. The summed E-state index contributed by atoms with van der Waals surface area (Å²) in [5.41, 5.74) is 2.13. The third kappa shape index (κ3) is 5.42. The highest BCUT2D eigenvalue weighted by Gasteiger charge is 2.33. The number of nitrogens with zero attached hydrogens (tertiary/aromatic N) is 2. The zero-order valence-electron chi connectivity index (χ0n) is 16.7. The van der Waals surface area contributed by atoms with E-state index in [9.17, 15) is 14.4 Å². The van der Waals surface area contributed by atoms with Crippen LogP contribution in [-0.4, -0.2) is 67.3 Å². The highest BCUT2D eigenvalue weighted by atomic mass is 16.2. The number of anilines is 1. The topological polar surface area (TPSA) is 81.8 Å². The Labute approximate surface area is 170 Å². The molecule has 29 heavy (non-hydrogen) atoms. The van der Waals surface area contributed by atoms with Gasteiger partial charge in [-0.3, -0.25) is 14.4 Å². The monoisotopic (exact) mass is 394 g/mol. The molecule has 0 bridgehead atoms. The second-order valence-corrected chi connectivity index (χ2v) is 7.36. The van der Waals surface area contributed by atoms with Crippen LogP contribution in [-0.2, 0) is 16.0 Å². The lowest BCUT2D eigenvalue weighted by atomic mass is 10.0. The van der Waals surface area contributed by atoms with Gasteiger partial charge in [-0.25, -0.2) is 0 Å². The van der Waals surface area contributed by atoms with Crippen molar-refractivity contribution in [1.29, 1.82) is 0 Å². The van der Waals surface area contributed by atoms with Crippen molar-refractivity contribution in [2.75, 3.05) is 39.0 Å². The van der Waals surface area contributed by atoms with Gasteiger partial charge in [0.25, 0.3) is 5.91 Å². The molecule has 1 saturated heterocycles. The molecule has 3 amide bonds. The van der Waals surface area contributed by atoms with Gasteiger partial charge in [-0.15, -0.1) is 0 Å². The first-order valence-corrected chi connectivity index (χ1v) is 9.61. The maximum atomic E-state index is 13.1. The molecule has 3 rings (SSSR count). The predicted octanol–water partition coefficient (Wildman–Crippen LogP) is 1.37. The first-order chi connectivity index (χ1) is 13.9. The molecule has 0 aliphatic carbocycles. The Bertz CT molecular complexity index is 865. The van der Waals surface area contributed by atoms with Gasteiger partial charge in [0, 0.05) is 30.8 Å². The largest absolute Gasteiger partial charge is 0.353 e. The molecule has 2 aromatic rings. The van der Waals surface area contributed by atoms with E-state index in [1.807, 2.05) is 44.4 Å². The van der Waals surface area contributed by atoms with E-state index in [0.717, 1.165) is 5.56 Å². The number of likely N-dealkylation sites (N-methyl/N-ethyl adjacent to an activating group) is 1. The maximum Gasteiger partial charge on any atom is 0.254 e. The lowest BCUT2D eigenvalue weighted by Crippen LogP contribution is -2.58. The fourth-order valence-corrected chi connectivity index (χ4v) is 3.35. The summed E-state index contributed by atoms with van der Waals surface area (Å²) in [5, 5.41) is 5.65. The molecule has 1 fully saturated rings. The summed E-state index contributed by atoms with van der Waals surface area (Å²) in [4.78, 5) is 40.8. The van der Waals surface area contributed by atoms with Gasteiger partial charge in [0.2, 0.25) is 11.8 Å². The van der Waals surface area contributed by atoms with Crippen LogP contribution in [0.2, 0.25) is 0 Å². The van der Waals surface area contributed by atoms with E-state index in [2.05, 4.69) is 10.6 Å². The molecule has 1 aliphatic heterocycles. The highest BCUT2D eigenvalue weighted by molar-refractivity contribution is 5.99. The second-order valence-electron chi connectivity index (χ2n) is 7.36. The van der Waals surface area contributed by atoms with Gasteiger partial charge in [0.05, 0.1) is 6.54 Å². The normalized spacial score (nSPS) is 16.4. The van der Waals surface area contributed by atoms with E-state index in [4.69, 9.17) is 0 Å². The van der Waals surface area contributed by atoms with Crippen LogP contribution >= 0.6 is 0 Å². The molecule has 7 heteroatoms. The number of hydrogen-bond acceptors (Lipinski definition) is 4. The standard InChI is InChI=1S/C22H26N4O3/c1-25(2)15-20(27)24-18-10-8-17(9-11-18)22(29)26-13-12-23-21(28)19(26)14-16-6-4-3-5-7-16/h3-11,19H,12-15H2,1-2H3,(H,23,28)(H,24,27). The zero-order valence-corrected chi connectivity index (χ0v) is 16.7. The second kappa shape index (κ2) is 9.34. The van der Waals surface area contributed by atoms with E-state index < -0.39 is 6.04 Å². The fraction of sp³-hybridized carbons (Fsp3) is 0.318. The summed E-state index contributed by atoms with van der Waals surface area (Å²) >= 11 is 0. The quantitative estimate of drug-likeness (QED) is 0.775. The maximum absolute atomic E-state index is 13.1. The average Bonchev–Trinajstić information content (AvgIpc) is 2.70. The van der Waals surface area contributed by atoms with Crippen LogP contribution in [0.5, 0.6) is 0 Å². The summed E-state index contributed by atoms with van der Waals surface area (Å²) in [6.07, 6.45) is 0.469. The summed E-state index contributed by atoms with van der Waals surface area (Å²) in [6.45, 7) is 1.18. The number of piperazine rings is 1. The Balaban J connectivity index is 1.71. The number of rotatable bonds is 6. The molecule has 152 valence electrons. The van der Waals surface area contributed by atoms with Crippen LogP contribution in [0.1, 0.15) is 15.9 Å². The van der Waals surface area contributed by atoms with Gasteiger partial charge in [-0.05, 0) is 43.9 Å². The smallest absolute Gasteiger partial charge is 0.254 e. The molecule has 0 aromatic heterocycles. The van der Waals surface area contributed by atoms with Crippen LogP contribution in [0.3, 0.4) is 0 Å². The zero-order chi connectivity index (χ0) is 20.8. The van der Waals surface area contributed by atoms with E-state index in [1.165, 1.54) is 0 Å². The first-order valence-electron chi connectivity index (χ1n) is 9.61. The SMILES string of the molecule is CN(C)CC(=O)Nc1ccc(C(=O)N2CCNC(=O)C2Cc2ccccc2)cc1. The summed E-state index contributed by atoms with van der Waals surface area (Å²) in [5.74, 6) is -0.447. The molecule has 0 saturated carbocycles. The van der Waals surface area contributed by atoms with Gasteiger partial charge in [0.15, 0.2) is 0 Å². The number of carbonyl (C=O) groups excluding carboxylic acids is 3. The third-order valence-corrected chi connectivity index (χ3v) is 4.74. The van der Waals surface area contributed by atoms with Gasteiger partial charge >= 0.3 is 0 Å². The van der Waals surface area contributed by atoms with Gasteiger partial charge < -0.3 is 20.4 Å². The van der Waals surface area contributed by atoms with E-state index in [0.29, 0.717) is 30.8 Å². The van der Waals surface area contributed by atoms with Gasteiger partial charge in [-0.2, -0.15) is 0 Å². The number of benzene rings is 2. The van der Waals surface area contributed by atoms with Gasteiger partial charge in [-0.1, -0.05) is 30.3 Å². The van der Waals surface area contributed by atoms with Crippen molar-refractivity contribution in [3.63, 3.8) is 0 Å². The summed E-state index contributed by atoms with van der Waals surface area (Å²) < 4.78 is 0. The number of amides is 3. The average molecular weight is 394 g/mol. The number of carbonyl (C=O) groups is 3. The van der Waals surface area contributed by atoms with Gasteiger partial charge in [0.1, 0.15) is 6.04 Å². The predicted molar refractivity (Wildman–Crippen MR) is 112 cm³/mol. The Kier molecular flexibility index (Phi) is 6.61. The number of hydrogen-bond donors (Lipinski definition) is 2. The van der Waals surface area contributed by atoms with Crippen LogP contribution < -0.4 is 10.6 Å². The van der Waals surface area contributed by atoms with E-state index in [-0.39, 0.29) is 24.3 Å². The molecule has 1 heterocycles. The molecule has 2 aromatic carbocycles. The van der Waals surface area contributed by atoms with E-state index in [1.54, 1.807) is 34.1 Å². The minimum absolute atomic E-state index is 0.121. The minimum atomic E-state index is -0.543. The first kappa shape index (κ1) is 20.5. The lowest BCUT2D eigenvalue weighted by Gasteiger charge is -2.35. The Morgan fingerprint density at radius 2 is 1.79 bits per heavy atom. The number of nitrogens with one attached hydrogen (secondary N) is 2. The molecular formula is C22H26N4O3. The molecule has 2 N–H and O–H groups in total. The molecule has 7 nitrogen and oxygen atoms in total. The molecule has 0 spiro atoms. The Morgan fingerprint density at radius 1 is 1.10 bits per heavy atom. The van der Waals surface area contributed by atoms with Crippen molar-refractivity contribution in [3.8, 4) is 0 Å². The molecule has 1 aliphatic rings. The van der Waals surface area contributed by atoms with Crippen LogP contribution in [0.25, 0.3) is 0 Å². The van der Waals surface area contributed by atoms with Crippen molar-refractivity contribution in [2.24, 2.45) is 0 Å². The van der Waals surface area contributed by atoms with Crippen LogP contribution in [0.15, 0.2) is 54.6 Å². The van der Waals surface area contributed by atoms with Crippen molar-refractivity contribution < 1.29 is 14.4 Å². The summed E-state index contributed by atoms with van der Waals surface area (Å²) in [6, 6.07) is 15.9. The summed E-state index contributed by atoms with van der Waals surface area (Å²) in [7, 11) is 3.64. The van der Waals surface area contributed by atoms with Crippen molar-refractivity contribution >= 4 is 23.4 Å². The Hall–Kier alpha value is -3.19. The highest BCUT2D eigenvalue weighted by Crippen LogP contribution is 2.17. The molecular weight excluding hydrogens is 368 g/mol. The van der Waals surface area contributed by atoms with Crippen LogP contribution in [0, 0.1) is 0 Å². The lowest BCUT2D eigenvalue weighted by molar-refractivity contribution is -0.127. The molecule has 1 unspecified atom stereocenters. The fourth-order valence-electron chi connectivity index (χ4n) is 3.35. The van der Waals surface area contributed by atoms with Crippen molar-refractivity contribution in [3.05, 3.63) is 65.7 Å². The minimum Gasteiger partial charge on any atom is -0.353 e. The van der Waals surface area contributed by atoms with Crippen molar-refractivity contribution in [1.82, 2.24) is 15.1 Å². The van der Waals surface area contributed by atoms with Crippen molar-refractivity contribution in [2.45, 2.75) is 12.5 Å².